The molecule has 12 nitrogen and oxygen atoms in total. The van der Waals surface area contributed by atoms with Gasteiger partial charge in [-0.15, -0.1) is 0 Å². The molecule has 2 aliphatic heterocycles. The number of fused-ring (bicyclic) bond motifs is 1. The van der Waals surface area contributed by atoms with Gasteiger partial charge >= 0.3 is 17.9 Å². The number of carbonyl (C=O) groups is 2. The second kappa shape index (κ2) is 8.21. The van der Waals surface area contributed by atoms with Crippen molar-refractivity contribution >= 4 is 39.0 Å². The van der Waals surface area contributed by atoms with E-state index >= 15 is 0 Å². The molecule has 0 N–H and O–H groups in total. The number of hydrogen-bond donors (Lipinski definition) is 0. The van der Waals surface area contributed by atoms with Crippen LogP contribution in [0.1, 0.15) is 33.9 Å². The van der Waals surface area contributed by atoms with E-state index in [4.69, 9.17) is 28.4 Å². The molecule has 2 aromatic heterocycles. The van der Waals surface area contributed by atoms with Crippen LogP contribution in [0.5, 0.6) is 5.88 Å². The van der Waals surface area contributed by atoms with Crippen molar-refractivity contribution in [1.82, 2.24) is 19.5 Å². The molecule has 174 valence electrons. The summed E-state index contributed by atoms with van der Waals surface area (Å²) < 4.78 is 35.2. The lowest BCUT2D eigenvalue weighted by molar-refractivity contribution is -0.336. The molecular formula is C19H23BrN4O8. The summed E-state index contributed by atoms with van der Waals surface area (Å²) in [5.74, 6) is -2.29. The van der Waals surface area contributed by atoms with Crippen molar-refractivity contribution in [2.45, 2.75) is 62.5 Å². The highest BCUT2D eigenvalue weighted by Crippen LogP contribution is 2.40. The molecular weight excluding hydrogens is 492 g/mol. The van der Waals surface area contributed by atoms with E-state index < -0.39 is 46.8 Å². The zero-order valence-electron chi connectivity index (χ0n) is 18.1. The average Bonchev–Trinajstić information content (AvgIpc) is 3.33. The van der Waals surface area contributed by atoms with E-state index in [2.05, 4.69) is 30.9 Å². The smallest absolute Gasteiger partial charge is 0.342 e. The predicted molar refractivity (Wildman–Crippen MR) is 110 cm³/mol. The number of hydrogen-bond acceptors (Lipinski definition) is 11. The number of alkyl halides is 1. The second-order valence-corrected chi connectivity index (χ2v) is 9.02. The van der Waals surface area contributed by atoms with Crippen LogP contribution in [0.2, 0.25) is 0 Å². The van der Waals surface area contributed by atoms with Crippen molar-refractivity contribution in [3.8, 4) is 5.88 Å². The van der Waals surface area contributed by atoms with Gasteiger partial charge in [0.1, 0.15) is 18.5 Å². The second-order valence-electron chi connectivity index (χ2n) is 7.97. The summed E-state index contributed by atoms with van der Waals surface area (Å²) in [5, 5.41) is 0. The maximum absolute atomic E-state index is 12.0. The molecule has 4 rings (SSSR count). The fourth-order valence-electron chi connectivity index (χ4n) is 3.66. The molecule has 32 heavy (non-hydrogen) atoms. The molecule has 0 spiro atoms. The number of halogens is 1. The molecule has 4 heterocycles. The van der Waals surface area contributed by atoms with Crippen molar-refractivity contribution in [1.29, 1.82) is 0 Å². The van der Waals surface area contributed by atoms with Crippen molar-refractivity contribution in [2.75, 3.05) is 13.7 Å². The quantitative estimate of drug-likeness (QED) is 0.409. The van der Waals surface area contributed by atoms with Gasteiger partial charge < -0.3 is 23.7 Å². The highest BCUT2D eigenvalue weighted by atomic mass is 79.9. The Hall–Kier alpha value is -2.35. The molecule has 2 saturated heterocycles. The lowest BCUT2D eigenvalue weighted by Gasteiger charge is -2.26. The lowest BCUT2D eigenvalue weighted by Crippen LogP contribution is -2.40. The maximum atomic E-state index is 12.0. The first-order chi connectivity index (χ1) is 15.0. The van der Waals surface area contributed by atoms with E-state index in [1.54, 1.807) is 24.7 Å². The monoisotopic (exact) mass is 514 g/mol. The van der Waals surface area contributed by atoms with Crippen LogP contribution >= 0.6 is 15.9 Å². The molecule has 0 radical (unpaired) electrons. The van der Waals surface area contributed by atoms with Crippen LogP contribution in [0.25, 0.3) is 11.2 Å². The predicted octanol–water partition coefficient (Wildman–Crippen LogP) is 1.47. The highest BCUT2D eigenvalue weighted by molar-refractivity contribution is 9.09. The zero-order chi connectivity index (χ0) is 23.3. The van der Waals surface area contributed by atoms with Gasteiger partial charge in [-0.1, -0.05) is 15.9 Å². The minimum atomic E-state index is -1.59. The van der Waals surface area contributed by atoms with Crippen molar-refractivity contribution < 1.29 is 38.0 Å². The molecule has 0 aromatic carbocycles. The topological polar surface area (TPSA) is 133 Å². The Labute approximate surface area is 191 Å². The van der Waals surface area contributed by atoms with Crippen LogP contribution in [0.15, 0.2) is 12.7 Å². The van der Waals surface area contributed by atoms with E-state index in [1.165, 1.54) is 27.3 Å². The number of nitrogens with zero attached hydrogens (tertiary/aromatic N) is 4. The minimum absolute atomic E-state index is 0.0820. The number of esters is 2. The molecule has 0 bridgehead atoms. The number of ether oxygens (including phenoxy) is 6. The van der Waals surface area contributed by atoms with Crippen molar-refractivity contribution in [2.24, 2.45) is 0 Å². The maximum Gasteiger partial charge on any atom is 0.342 e. The average molecular weight is 515 g/mol. The molecule has 2 aromatic rings. The van der Waals surface area contributed by atoms with Gasteiger partial charge in [-0.05, 0) is 13.8 Å². The van der Waals surface area contributed by atoms with Gasteiger partial charge in [-0.2, -0.15) is 4.98 Å². The lowest BCUT2D eigenvalue weighted by atomic mass is 10.1. The van der Waals surface area contributed by atoms with E-state index in [0.29, 0.717) is 17.0 Å². The van der Waals surface area contributed by atoms with Gasteiger partial charge in [0.2, 0.25) is 5.88 Å². The Morgan fingerprint density at radius 3 is 2.66 bits per heavy atom. The van der Waals surface area contributed by atoms with Crippen LogP contribution in [-0.4, -0.2) is 73.8 Å². The number of methoxy groups -OCH3 is 1. The molecule has 5 atom stereocenters. The largest absolute Gasteiger partial charge is 0.479 e. The molecule has 0 aliphatic carbocycles. The van der Waals surface area contributed by atoms with Crippen LogP contribution in [0, 0.1) is 0 Å². The third kappa shape index (κ3) is 4.05. The van der Waals surface area contributed by atoms with Crippen LogP contribution in [0.4, 0.5) is 0 Å². The number of cyclic esters (lactones) is 1. The van der Waals surface area contributed by atoms with E-state index in [9.17, 15) is 9.59 Å². The van der Waals surface area contributed by atoms with Gasteiger partial charge in [-0.25, -0.2) is 14.8 Å². The fraction of sp³-hybridized carbons (Fsp3) is 0.632. The first-order valence-corrected chi connectivity index (χ1v) is 10.7. The number of imidazole rings is 1. The highest BCUT2D eigenvalue weighted by Gasteiger charge is 2.53. The van der Waals surface area contributed by atoms with E-state index in [-0.39, 0.29) is 6.61 Å². The third-order valence-corrected chi connectivity index (χ3v) is 6.05. The molecule has 2 fully saturated rings. The molecule has 13 heteroatoms. The molecule has 1 unspecified atom stereocenters. The van der Waals surface area contributed by atoms with Gasteiger partial charge in [0, 0.05) is 13.8 Å². The summed E-state index contributed by atoms with van der Waals surface area (Å²) in [4.78, 5) is 35.9. The van der Waals surface area contributed by atoms with E-state index in [0.717, 1.165) is 0 Å². The minimum Gasteiger partial charge on any atom is -0.479 e. The van der Waals surface area contributed by atoms with Crippen molar-refractivity contribution in [3.05, 3.63) is 12.7 Å². The summed E-state index contributed by atoms with van der Waals surface area (Å²) >= 11 is 3.58. The summed E-state index contributed by atoms with van der Waals surface area (Å²) in [6, 6.07) is 0. The molecule has 0 amide bonds. The summed E-state index contributed by atoms with van der Waals surface area (Å²) in [5.41, 5.74) is -0.200. The van der Waals surface area contributed by atoms with Gasteiger partial charge in [0.05, 0.1) is 24.9 Å². The summed E-state index contributed by atoms with van der Waals surface area (Å²) in [6.07, 6.45) is 0.829. The number of rotatable bonds is 6. The Bertz CT molecular complexity index is 1050. The van der Waals surface area contributed by atoms with Crippen LogP contribution in [-0.2, 0) is 33.3 Å². The van der Waals surface area contributed by atoms with Gasteiger partial charge in [0.25, 0.3) is 0 Å². The first-order valence-electron chi connectivity index (χ1n) is 9.80. The Morgan fingerprint density at radius 2 is 2.03 bits per heavy atom. The normalized spacial score (nSPS) is 31.6. The number of aromatic nitrogens is 4. The van der Waals surface area contributed by atoms with E-state index in [1.807, 2.05) is 0 Å². The Balaban J connectivity index is 1.57. The van der Waals surface area contributed by atoms with Crippen LogP contribution < -0.4 is 4.74 Å². The standard InChI is InChI=1S/C19H23BrN4O8/c1-9(25)29-13-10(6-28-19(4)31-17(26)18(2,3)32-19)30-16(11(13)20)24-8-23-12-14(24)21-7-22-15(12)27-5/h7-8,10-11,13,16H,6H2,1-5H3/t10-,11+,13-,16-,19?/m1/s1. The number of carbonyl (C=O) groups excluding carboxylic acids is 2. The Kier molecular flexibility index (Phi) is 5.86. The fourth-order valence-corrected chi connectivity index (χ4v) is 4.49. The van der Waals surface area contributed by atoms with Crippen molar-refractivity contribution in [3.63, 3.8) is 0 Å². The Morgan fingerprint density at radius 1 is 1.28 bits per heavy atom. The zero-order valence-corrected chi connectivity index (χ0v) is 19.7. The summed E-state index contributed by atoms with van der Waals surface area (Å²) in [6.45, 7) is 5.89. The first kappa shape index (κ1) is 22.8. The SMILES string of the molecule is COc1ncnc2c1ncn2[C@@H]1O[C@H](COC2(C)OC(=O)C(C)(C)O2)[C@@H](OC(C)=O)[C@@H]1Br. The summed E-state index contributed by atoms with van der Waals surface area (Å²) in [7, 11) is 1.49. The van der Waals surface area contributed by atoms with Gasteiger partial charge in [0.15, 0.2) is 23.0 Å². The third-order valence-electron chi connectivity index (χ3n) is 5.08. The van der Waals surface area contributed by atoms with Crippen LogP contribution in [0.3, 0.4) is 0 Å². The van der Waals surface area contributed by atoms with Gasteiger partial charge in [-0.3, -0.25) is 14.1 Å². The molecule has 2 aliphatic rings. The molecule has 0 saturated carbocycles.